The number of alkyl halides is 3. The van der Waals surface area contributed by atoms with Gasteiger partial charge in [0, 0.05) is 11.8 Å². The third-order valence-corrected chi connectivity index (χ3v) is 5.04. The SMILES string of the molecule is CCC(C)N=C(C)c1c(C(F)(F)F)[nH]n(-c2nc3ccccc3s2)c1=O. The molecule has 0 spiro atoms. The average Bonchev–Trinajstić information content (AvgIpc) is 3.14. The molecule has 1 aromatic carbocycles. The summed E-state index contributed by atoms with van der Waals surface area (Å²) in [6.45, 7) is 5.09. The van der Waals surface area contributed by atoms with Crippen molar-refractivity contribution in [1.82, 2.24) is 14.8 Å². The Balaban J connectivity index is 2.22. The molecule has 0 aliphatic rings. The van der Waals surface area contributed by atoms with E-state index in [-0.39, 0.29) is 16.9 Å². The van der Waals surface area contributed by atoms with Crippen molar-refractivity contribution >= 4 is 27.3 Å². The first kappa shape index (κ1) is 18.4. The number of hydrogen-bond acceptors (Lipinski definition) is 4. The van der Waals surface area contributed by atoms with Crippen LogP contribution in [0, 0.1) is 0 Å². The maximum atomic E-state index is 13.5. The van der Waals surface area contributed by atoms with Gasteiger partial charge in [-0.3, -0.25) is 14.9 Å². The van der Waals surface area contributed by atoms with Crippen LogP contribution in [0.5, 0.6) is 0 Å². The summed E-state index contributed by atoms with van der Waals surface area (Å²) in [5.74, 6) is 0. The van der Waals surface area contributed by atoms with Gasteiger partial charge in [0.1, 0.15) is 0 Å². The monoisotopic (exact) mass is 382 g/mol. The van der Waals surface area contributed by atoms with Gasteiger partial charge in [0.2, 0.25) is 5.13 Å². The lowest BCUT2D eigenvalue weighted by atomic mass is 10.1. The van der Waals surface area contributed by atoms with Gasteiger partial charge in [-0.25, -0.2) is 4.98 Å². The molecule has 9 heteroatoms. The standard InChI is InChI=1S/C17H17F3N4OS/c1-4-9(2)21-10(3)13-14(17(18,19)20)23-24(15(13)25)16-22-11-7-5-6-8-12(11)26-16/h5-9,23H,4H2,1-3H3. The maximum absolute atomic E-state index is 13.5. The number of aromatic amines is 1. The van der Waals surface area contributed by atoms with E-state index in [0.29, 0.717) is 11.9 Å². The summed E-state index contributed by atoms with van der Waals surface area (Å²) >= 11 is 1.14. The summed E-state index contributed by atoms with van der Waals surface area (Å²) in [5, 5.41) is 2.34. The van der Waals surface area contributed by atoms with E-state index in [1.165, 1.54) is 6.92 Å². The summed E-state index contributed by atoms with van der Waals surface area (Å²) in [4.78, 5) is 21.2. The van der Waals surface area contributed by atoms with Gasteiger partial charge in [-0.15, -0.1) is 0 Å². The van der Waals surface area contributed by atoms with Gasteiger partial charge in [-0.1, -0.05) is 30.4 Å². The number of fused-ring (bicyclic) bond motifs is 1. The lowest BCUT2D eigenvalue weighted by molar-refractivity contribution is -0.141. The zero-order chi connectivity index (χ0) is 19.1. The van der Waals surface area contributed by atoms with Crippen molar-refractivity contribution in [3.8, 4) is 5.13 Å². The number of rotatable bonds is 4. The Kier molecular flexibility index (Phi) is 4.74. The Morgan fingerprint density at radius 1 is 1.38 bits per heavy atom. The highest BCUT2D eigenvalue weighted by Crippen LogP contribution is 2.31. The van der Waals surface area contributed by atoms with Crippen LogP contribution in [-0.4, -0.2) is 26.5 Å². The van der Waals surface area contributed by atoms with Crippen molar-refractivity contribution in [1.29, 1.82) is 0 Å². The molecule has 0 saturated carbocycles. The molecule has 1 atom stereocenters. The minimum atomic E-state index is -4.71. The Morgan fingerprint density at radius 2 is 2.08 bits per heavy atom. The number of nitrogens with zero attached hydrogens (tertiary/aromatic N) is 3. The third kappa shape index (κ3) is 3.31. The number of aromatic nitrogens is 3. The number of halogens is 3. The molecule has 0 aliphatic heterocycles. The van der Waals surface area contributed by atoms with E-state index in [9.17, 15) is 18.0 Å². The molecule has 2 heterocycles. The fourth-order valence-electron chi connectivity index (χ4n) is 2.55. The molecule has 0 fully saturated rings. The van der Waals surface area contributed by atoms with Gasteiger partial charge in [0.05, 0.1) is 15.8 Å². The van der Waals surface area contributed by atoms with Crippen molar-refractivity contribution in [2.24, 2.45) is 4.99 Å². The molecule has 5 nitrogen and oxygen atoms in total. The molecule has 0 bridgehead atoms. The van der Waals surface area contributed by atoms with Crippen LogP contribution in [0.2, 0.25) is 0 Å². The molecule has 3 rings (SSSR count). The predicted molar refractivity (Wildman–Crippen MR) is 96.5 cm³/mol. The number of hydrogen-bond donors (Lipinski definition) is 1. The van der Waals surface area contributed by atoms with E-state index < -0.39 is 23.0 Å². The molecule has 1 N–H and O–H groups in total. The Hall–Kier alpha value is -2.42. The minimum Gasteiger partial charge on any atom is -0.286 e. The maximum Gasteiger partial charge on any atom is 0.433 e. The van der Waals surface area contributed by atoms with Crippen LogP contribution >= 0.6 is 11.3 Å². The van der Waals surface area contributed by atoms with Gasteiger partial charge in [-0.2, -0.15) is 17.9 Å². The molecular formula is C17H17F3N4OS. The second kappa shape index (κ2) is 6.71. The topological polar surface area (TPSA) is 63.0 Å². The lowest BCUT2D eigenvalue weighted by Crippen LogP contribution is -2.21. The first-order valence-electron chi connectivity index (χ1n) is 8.05. The molecule has 0 radical (unpaired) electrons. The molecule has 138 valence electrons. The van der Waals surface area contributed by atoms with Gasteiger partial charge < -0.3 is 0 Å². The van der Waals surface area contributed by atoms with Crippen LogP contribution in [0.25, 0.3) is 15.3 Å². The van der Waals surface area contributed by atoms with Crippen LogP contribution in [0.1, 0.15) is 38.4 Å². The van der Waals surface area contributed by atoms with Crippen molar-refractivity contribution in [2.45, 2.75) is 39.4 Å². The summed E-state index contributed by atoms with van der Waals surface area (Å²) in [7, 11) is 0. The smallest absolute Gasteiger partial charge is 0.286 e. The summed E-state index contributed by atoms with van der Waals surface area (Å²) < 4.78 is 42.1. The molecule has 0 amide bonds. The highest BCUT2D eigenvalue weighted by molar-refractivity contribution is 7.20. The quantitative estimate of drug-likeness (QED) is 0.680. The molecular weight excluding hydrogens is 365 g/mol. The van der Waals surface area contributed by atoms with Gasteiger partial charge in [-0.05, 0) is 32.4 Å². The molecule has 26 heavy (non-hydrogen) atoms. The normalized spacial score (nSPS) is 14.2. The lowest BCUT2D eigenvalue weighted by Gasteiger charge is -2.08. The fourth-order valence-corrected chi connectivity index (χ4v) is 3.48. The van der Waals surface area contributed by atoms with Crippen molar-refractivity contribution in [3.63, 3.8) is 0 Å². The summed E-state index contributed by atoms with van der Waals surface area (Å²) in [5.41, 5.74) is -1.69. The molecule has 1 unspecified atom stereocenters. The zero-order valence-corrected chi connectivity index (χ0v) is 15.2. The first-order chi connectivity index (χ1) is 12.2. The van der Waals surface area contributed by atoms with Crippen LogP contribution in [0.15, 0.2) is 34.1 Å². The van der Waals surface area contributed by atoms with Crippen LogP contribution in [0.4, 0.5) is 13.2 Å². The van der Waals surface area contributed by atoms with Crippen LogP contribution < -0.4 is 5.56 Å². The molecule has 0 aliphatic carbocycles. The van der Waals surface area contributed by atoms with Gasteiger partial charge >= 0.3 is 6.18 Å². The number of H-pyrrole nitrogens is 1. The number of thiazole rings is 1. The Labute approximate surface area is 151 Å². The predicted octanol–water partition coefficient (Wildman–Crippen LogP) is 4.40. The molecule has 2 aromatic heterocycles. The third-order valence-electron chi connectivity index (χ3n) is 4.01. The highest BCUT2D eigenvalue weighted by atomic mass is 32.1. The van der Waals surface area contributed by atoms with Gasteiger partial charge in [0.15, 0.2) is 5.69 Å². The van der Waals surface area contributed by atoms with Gasteiger partial charge in [0.25, 0.3) is 5.56 Å². The van der Waals surface area contributed by atoms with Crippen LogP contribution in [-0.2, 0) is 6.18 Å². The largest absolute Gasteiger partial charge is 0.433 e. The molecule has 0 saturated heterocycles. The van der Waals surface area contributed by atoms with E-state index in [4.69, 9.17) is 0 Å². The van der Waals surface area contributed by atoms with Crippen molar-refractivity contribution in [3.05, 3.63) is 45.9 Å². The van der Waals surface area contributed by atoms with Crippen molar-refractivity contribution in [2.75, 3.05) is 0 Å². The number of benzene rings is 1. The van der Waals surface area contributed by atoms with E-state index in [2.05, 4.69) is 15.1 Å². The van der Waals surface area contributed by atoms with E-state index in [1.54, 1.807) is 31.2 Å². The van der Waals surface area contributed by atoms with Crippen LogP contribution in [0.3, 0.4) is 0 Å². The second-order valence-electron chi connectivity index (χ2n) is 5.94. The van der Waals surface area contributed by atoms with E-state index in [1.807, 2.05) is 6.92 Å². The summed E-state index contributed by atoms with van der Waals surface area (Å²) in [6.07, 6.45) is -4.04. The zero-order valence-electron chi connectivity index (χ0n) is 14.4. The number of nitrogens with one attached hydrogen (secondary N) is 1. The first-order valence-corrected chi connectivity index (χ1v) is 8.87. The summed E-state index contributed by atoms with van der Waals surface area (Å²) in [6, 6.07) is 6.94. The molecule has 3 aromatic rings. The fraction of sp³-hybridized carbons (Fsp3) is 0.353. The minimum absolute atomic E-state index is 0.0628. The number of aliphatic imine (C=N–C) groups is 1. The average molecular weight is 382 g/mol. The Bertz CT molecular complexity index is 996. The van der Waals surface area contributed by atoms with Crippen molar-refractivity contribution < 1.29 is 13.2 Å². The second-order valence-corrected chi connectivity index (χ2v) is 6.95. The number of para-hydroxylation sites is 1. The van der Waals surface area contributed by atoms with E-state index in [0.717, 1.165) is 20.7 Å². The highest BCUT2D eigenvalue weighted by Gasteiger charge is 2.39. The van der Waals surface area contributed by atoms with E-state index >= 15 is 0 Å². The Morgan fingerprint density at radius 3 is 2.69 bits per heavy atom.